The number of likely N-dealkylation sites (N-methyl/N-ethyl adjacent to an activating group) is 1. The molecule has 2 heterocycles. The predicted octanol–water partition coefficient (Wildman–Crippen LogP) is 2.93. The van der Waals surface area contributed by atoms with Crippen LogP contribution in [0.25, 0.3) is 11.3 Å². The molecule has 0 bridgehead atoms. The molecule has 0 unspecified atom stereocenters. The van der Waals surface area contributed by atoms with Crippen LogP contribution in [-0.4, -0.2) is 42.7 Å². The average Bonchev–Trinajstić information content (AvgIpc) is 2.82. The molecule has 3 rings (SSSR count). The number of rotatable bonds is 3. The number of pyridine rings is 1. The van der Waals surface area contributed by atoms with Crippen LogP contribution in [0, 0.1) is 0 Å². The first-order valence-corrected chi connectivity index (χ1v) is 8.93. The van der Waals surface area contributed by atoms with Crippen LogP contribution in [0.1, 0.15) is 12.0 Å². The molecule has 0 atom stereocenters. The smallest absolute Gasteiger partial charge is 0.255 e. The quantitative estimate of drug-likeness (QED) is 0.801. The van der Waals surface area contributed by atoms with Crippen molar-refractivity contribution in [3.63, 3.8) is 0 Å². The van der Waals surface area contributed by atoms with E-state index in [1.807, 2.05) is 25.2 Å². The van der Waals surface area contributed by atoms with Gasteiger partial charge in [0.15, 0.2) is 0 Å². The van der Waals surface area contributed by atoms with Crippen molar-refractivity contribution in [3.05, 3.63) is 52.3 Å². The van der Waals surface area contributed by atoms with Crippen molar-refractivity contribution in [1.29, 1.82) is 0 Å². The number of nitrogens with zero attached hydrogens (tertiary/aromatic N) is 3. The van der Waals surface area contributed by atoms with Gasteiger partial charge < -0.3 is 14.4 Å². The maximum absolute atomic E-state index is 12.4. The first kappa shape index (κ1) is 17.1. The standard InChI is InChI=1S/C19H24ClN3O/c1-21-10-5-11-23(13-12-21)18-7-4-3-6-16(18)17-9-8-15(14-20)19(24)22(17)2/h3-4,6-9H,5,10-14H2,1-2H3. The lowest BCUT2D eigenvalue weighted by atomic mass is 10.1. The highest BCUT2D eigenvalue weighted by Crippen LogP contribution is 2.30. The Kier molecular flexibility index (Phi) is 5.27. The second-order valence-corrected chi connectivity index (χ2v) is 6.67. The molecule has 1 fully saturated rings. The van der Waals surface area contributed by atoms with Crippen LogP contribution < -0.4 is 10.5 Å². The fraction of sp³-hybridized carbons (Fsp3) is 0.421. The van der Waals surface area contributed by atoms with Gasteiger partial charge >= 0.3 is 0 Å². The van der Waals surface area contributed by atoms with E-state index in [2.05, 4.69) is 35.0 Å². The summed E-state index contributed by atoms with van der Waals surface area (Å²) in [7, 11) is 3.99. The van der Waals surface area contributed by atoms with E-state index in [1.165, 1.54) is 5.69 Å². The molecule has 5 heteroatoms. The van der Waals surface area contributed by atoms with E-state index >= 15 is 0 Å². The van der Waals surface area contributed by atoms with Gasteiger partial charge in [0.2, 0.25) is 0 Å². The molecule has 128 valence electrons. The van der Waals surface area contributed by atoms with Crippen molar-refractivity contribution in [1.82, 2.24) is 9.47 Å². The summed E-state index contributed by atoms with van der Waals surface area (Å²) in [6, 6.07) is 12.2. The van der Waals surface area contributed by atoms with Gasteiger partial charge in [-0.25, -0.2) is 0 Å². The Labute approximate surface area is 148 Å². The molecule has 0 N–H and O–H groups in total. The Hall–Kier alpha value is -1.78. The second kappa shape index (κ2) is 7.41. The van der Waals surface area contributed by atoms with Crippen molar-refractivity contribution in [2.24, 2.45) is 7.05 Å². The number of aromatic nitrogens is 1. The third-order valence-corrected chi connectivity index (χ3v) is 5.06. The topological polar surface area (TPSA) is 28.5 Å². The minimum Gasteiger partial charge on any atom is -0.370 e. The Morgan fingerprint density at radius 1 is 1.00 bits per heavy atom. The molecule has 0 aliphatic carbocycles. The van der Waals surface area contributed by atoms with Crippen molar-refractivity contribution in [2.45, 2.75) is 12.3 Å². The average molecular weight is 346 g/mol. The summed E-state index contributed by atoms with van der Waals surface area (Å²) in [5, 5.41) is 0. The fourth-order valence-corrected chi connectivity index (χ4v) is 3.52. The van der Waals surface area contributed by atoms with Gasteiger partial charge in [-0.2, -0.15) is 0 Å². The Balaban J connectivity index is 2.04. The predicted molar refractivity (Wildman–Crippen MR) is 101 cm³/mol. The van der Waals surface area contributed by atoms with Crippen molar-refractivity contribution in [3.8, 4) is 11.3 Å². The summed E-state index contributed by atoms with van der Waals surface area (Å²) >= 11 is 5.86. The van der Waals surface area contributed by atoms with Gasteiger partial charge in [-0.05, 0) is 32.1 Å². The van der Waals surface area contributed by atoms with Crippen LogP contribution in [0.3, 0.4) is 0 Å². The van der Waals surface area contributed by atoms with Crippen molar-refractivity contribution < 1.29 is 0 Å². The third-order valence-electron chi connectivity index (χ3n) is 4.77. The van der Waals surface area contributed by atoms with E-state index in [-0.39, 0.29) is 11.4 Å². The minimum absolute atomic E-state index is 0.0205. The van der Waals surface area contributed by atoms with Gasteiger partial charge in [-0.3, -0.25) is 4.79 Å². The monoisotopic (exact) mass is 345 g/mol. The third kappa shape index (κ3) is 3.35. The highest BCUT2D eigenvalue weighted by molar-refractivity contribution is 6.17. The molecule has 1 aromatic heterocycles. The van der Waals surface area contributed by atoms with Crippen LogP contribution >= 0.6 is 11.6 Å². The fourth-order valence-electron chi connectivity index (χ4n) is 3.31. The molecule has 1 aromatic carbocycles. The summed E-state index contributed by atoms with van der Waals surface area (Å²) in [4.78, 5) is 17.2. The molecule has 0 saturated carbocycles. The zero-order valence-corrected chi connectivity index (χ0v) is 15.1. The van der Waals surface area contributed by atoms with Crippen LogP contribution in [0.5, 0.6) is 0 Å². The summed E-state index contributed by atoms with van der Waals surface area (Å²) in [6.07, 6.45) is 1.15. The lowest BCUT2D eigenvalue weighted by molar-refractivity contribution is 0.360. The molecule has 1 aliphatic heterocycles. The van der Waals surface area contributed by atoms with Gasteiger partial charge in [-0.1, -0.05) is 24.3 Å². The number of alkyl halides is 1. The van der Waals surface area contributed by atoms with Gasteiger partial charge in [0.05, 0.1) is 11.6 Å². The Morgan fingerprint density at radius 3 is 2.58 bits per heavy atom. The summed E-state index contributed by atoms with van der Waals surface area (Å²) < 4.78 is 1.71. The number of hydrogen-bond donors (Lipinski definition) is 0. The normalized spacial score (nSPS) is 16.2. The number of benzene rings is 1. The molecule has 2 aromatic rings. The number of anilines is 1. The molecule has 0 spiro atoms. The van der Waals surface area contributed by atoms with Crippen LogP contribution in [0.15, 0.2) is 41.2 Å². The van der Waals surface area contributed by atoms with E-state index < -0.39 is 0 Å². The highest BCUT2D eigenvalue weighted by Gasteiger charge is 2.17. The van der Waals surface area contributed by atoms with Gasteiger partial charge in [0.25, 0.3) is 5.56 Å². The first-order chi connectivity index (χ1) is 11.6. The lowest BCUT2D eigenvalue weighted by Gasteiger charge is -2.26. The van der Waals surface area contributed by atoms with E-state index in [4.69, 9.17) is 11.6 Å². The molecular formula is C19H24ClN3O. The van der Waals surface area contributed by atoms with Gasteiger partial charge in [0, 0.05) is 43.5 Å². The van der Waals surface area contributed by atoms with Gasteiger partial charge in [-0.15, -0.1) is 11.6 Å². The number of halogens is 1. The maximum Gasteiger partial charge on any atom is 0.255 e. The second-order valence-electron chi connectivity index (χ2n) is 6.40. The van der Waals surface area contributed by atoms with E-state index in [0.29, 0.717) is 5.56 Å². The molecule has 24 heavy (non-hydrogen) atoms. The SMILES string of the molecule is CN1CCCN(c2ccccc2-c2ccc(CCl)c(=O)n2C)CC1. The summed E-state index contributed by atoms with van der Waals surface area (Å²) in [5.74, 6) is 0.243. The molecule has 0 amide bonds. The highest BCUT2D eigenvalue weighted by atomic mass is 35.5. The largest absolute Gasteiger partial charge is 0.370 e. The lowest BCUT2D eigenvalue weighted by Crippen LogP contribution is -2.29. The van der Waals surface area contributed by atoms with Crippen molar-refractivity contribution >= 4 is 17.3 Å². The Morgan fingerprint density at radius 2 is 1.79 bits per heavy atom. The molecule has 1 saturated heterocycles. The van der Waals surface area contributed by atoms with Crippen LogP contribution in [-0.2, 0) is 12.9 Å². The van der Waals surface area contributed by atoms with Crippen molar-refractivity contribution in [2.75, 3.05) is 38.1 Å². The van der Waals surface area contributed by atoms with Crippen LogP contribution in [0.2, 0.25) is 0 Å². The zero-order chi connectivity index (χ0) is 17.1. The summed E-state index contributed by atoms with van der Waals surface area (Å²) in [6.45, 7) is 4.22. The molecule has 4 nitrogen and oxygen atoms in total. The van der Waals surface area contributed by atoms with E-state index in [9.17, 15) is 4.79 Å². The number of para-hydroxylation sites is 1. The Bertz CT molecular complexity index is 771. The van der Waals surface area contributed by atoms with Crippen LogP contribution in [0.4, 0.5) is 5.69 Å². The number of hydrogen-bond acceptors (Lipinski definition) is 3. The molecule has 1 aliphatic rings. The molecular weight excluding hydrogens is 322 g/mol. The zero-order valence-electron chi connectivity index (χ0n) is 14.3. The van der Waals surface area contributed by atoms with Gasteiger partial charge in [0.1, 0.15) is 0 Å². The summed E-state index contributed by atoms with van der Waals surface area (Å²) in [5.41, 5.74) is 3.84. The first-order valence-electron chi connectivity index (χ1n) is 8.39. The maximum atomic E-state index is 12.4. The van der Waals surface area contributed by atoms with E-state index in [0.717, 1.165) is 43.9 Å². The minimum atomic E-state index is -0.0205. The van der Waals surface area contributed by atoms with E-state index in [1.54, 1.807) is 4.57 Å². The molecule has 0 radical (unpaired) electrons.